The number of benzene rings is 1. The largest absolute Gasteiger partial charge is 0.430 e. The Labute approximate surface area is 106 Å². The molecule has 0 radical (unpaired) electrons. The van der Waals surface area contributed by atoms with E-state index < -0.39 is 0 Å². The number of hydrogen-bond acceptors (Lipinski definition) is 3. The molecular formula is C11H10INOS. The fourth-order valence-electron chi connectivity index (χ4n) is 1.11. The normalized spacial score (nSPS) is 10.3. The maximum atomic E-state index is 5.71. The molecule has 15 heavy (non-hydrogen) atoms. The summed E-state index contributed by atoms with van der Waals surface area (Å²) < 4.78 is 6.81. The Morgan fingerprint density at radius 3 is 2.60 bits per heavy atom. The number of halogens is 1. The maximum absolute atomic E-state index is 5.71. The highest BCUT2D eigenvalue weighted by Gasteiger charge is 2.07. The molecule has 2 rings (SSSR count). The third-order valence-corrected chi connectivity index (χ3v) is 3.88. The van der Waals surface area contributed by atoms with E-state index in [2.05, 4.69) is 34.5 Å². The van der Waals surface area contributed by atoms with Crippen LogP contribution in [0.2, 0.25) is 0 Å². The third-order valence-electron chi connectivity index (χ3n) is 2.04. The van der Waals surface area contributed by atoms with Gasteiger partial charge in [0.15, 0.2) is 0 Å². The van der Waals surface area contributed by atoms with Crippen molar-refractivity contribution in [2.45, 2.75) is 13.8 Å². The molecule has 0 saturated heterocycles. The smallest absolute Gasteiger partial charge is 0.279 e. The van der Waals surface area contributed by atoms with Crippen LogP contribution in [0, 0.1) is 17.4 Å². The number of hydrogen-bond donors (Lipinski definition) is 0. The summed E-state index contributed by atoms with van der Waals surface area (Å²) in [5.74, 6) is 0.867. The highest BCUT2D eigenvalue weighted by atomic mass is 127. The van der Waals surface area contributed by atoms with Crippen LogP contribution in [0.5, 0.6) is 10.9 Å². The molecule has 1 aromatic heterocycles. The molecule has 0 aliphatic carbocycles. The van der Waals surface area contributed by atoms with Crippen LogP contribution < -0.4 is 4.74 Å². The van der Waals surface area contributed by atoms with Crippen molar-refractivity contribution < 1.29 is 4.74 Å². The van der Waals surface area contributed by atoms with Crippen molar-refractivity contribution >= 4 is 33.9 Å². The summed E-state index contributed by atoms with van der Waals surface area (Å²) >= 11 is 3.84. The fourth-order valence-corrected chi connectivity index (χ4v) is 2.38. The minimum atomic E-state index is 0.717. The summed E-state index contributed by atoms with van der Waals surface area (Å²) in [5, 5.41) is 0.717. The first-order valence-electron chi connectivity index (χ1n) is 4.53. The molecule has 4 heteroatoms. The van der Waals surface area contributed by atoms with E-state index in [0.29, 0.717) is 5.19 Å². The maximum Gasteiger partial charge on any atom is 0.279 e. The Balaban J connectivity index is 2.26. The molecule has 1 heterocycles. The van der Waals surface area contributed by atoms with Gasteiger partial charge in [0, 0.05) is 4.88 Å². The first kappa shape index (κ1) is 10.9. The molecule has 0 spiro atoms. The van der Waals surface area contributed by atoms with Gasteiger partial charge in [-0.3, -0.25) is 0 Å². The first-order valence-corrected chi connectivity index (χ1v) is 6.43. The van der Waals surface area contributed by atoms with Crippen LogP contribution in [0.1, 0.15) is 10.6 Å². The molecule has 2 aromatic rings. The topological polar surface area (TPSA) is 22.1 Å². The molecule has 0 atom stereocenters. The van der Waals surface area contributed by atoms with Gasteiger partial charge < -0.3 is 4.74 Å². The average molecular weight is 331 g/mol. The van der Waals surface area contributed by atoms with E-state index in [1.165, 1.54) is 4.88 Å². The van der Waals surface area contributed by atoms with Crippen molar-refractivity contribution in [2.75, 3.05) is 0 Å². The van der Waals surface area contributed by atoms with E-state index in [9.17, 15) is 0 Å². The summed E-state index contributed by atoms with van der Waals surface area (Å²) in [6, 6.07) is 7.93. The van der Waals surface area contributed by atoms with Gasteiger partial charge in [0.25, 0.3) is 5.19 Å². The van der Waals surface area contributed by atoms with Gasteiger partial charge in [0.05, 0.1) is 9.26 Å². The highest BCUT2D eigenvalue weighted by molar-refractivity contribution is 14.1. The number of thiazole rings is 1. The van der Waals surface area contributed by atoms with Gasteiger partial charge in [-0.2, -0.15) is 0 Å². The second-order valence-corrected chi connectivity index (χ2v) is 5.48. The Bertz CT molecular complexity index is 462. The van der Waals surface area contributed by atoms with E-state index in [1.54, 1.807) is 11.3 Å². The Morgan fingerprint density at radius 1 is 1.27 bits per heavy atom. The fraction of sp³-hybridized carbons (Fsp3) is 0.182. The lowest BCUT2D eigenvalue weighted by atomic mass is 10.3. The first-order chi connectivity index (χ1) is 7.16. The Morgan fingerprint density at radius 2 is 2.00 bits per heavy atom. The molecule has 0 amide bonds. The zero-order valence-electron chi connectivity index (χ0n) is 8.45. The molecule has 0 aliphatic rings. The highest BCUT2D eigenvalue weighted by Crippen LogP contribution is 2.30. The van der Waals surface area contributed by atoms with E-state index in [4.69, 9.17) is 4.74 Å². The summed E-state index contributed by atoms with van der Waals surface area (Å²) in [6.07, 6.45) is 0. The van der Waals surface area contributed by atoms with E-state index in [1.807, 2.05) is 31.2 Å². The zero-order chi connectivity index (χ0) is 10.8. The summed E-state index contributed by atoms with van der Waals surface area (Å²) in [4.78, 5) is 5.54. The molecule has 2 nitrogen and oxygen atoms in total. The van der Waals surface area contributed by atoms with Crippen molar-refractivity contribution in [1.29, 1.82) is 0 Å². The van der Waals surface area contributed by atoms with Gasteiger partial charge in [-0.25, -0.2) is 4.98 Å². The minimum Gasteiger partial charge on any atom is -0.430 e. The Kier molecular flexibility index (Phi) is 3.25. The predicted molar refractivity (Wildman–Crippen MR) is 70.8 cm³/mol. The lowest BCUT2D eigenvalue weighted by molar-refractivity contribution is 0.474. The zero-order valence-corrected chi connectivity index (χ0v) is 11.4. The third kappa shape index (κ3) is 2.49. The SMILES string of the molecule is Cc1nc(Oc2ccccc2I)sc1C. The monoisotopic (exact) mass is 331 g/mol. The van der Waals surface area contributed by atoms with Gasteiger partial charge >= 0.3 is 0 Å². The number of aryl methyl sites for hydroxylation is 2. The predicted octanol–water partition coefficient (Wildman–Crippen LogP) is 4.16. The lowest BCUT2D eigenvalue weighted by Crippen LogP contribution is -1.85. The molecule has 0 saturated carbocycles. The lowest BCUT2D eigenvalue weighted by Gasteiger charge is -2.02. The van der Waals surface area contributed by atoms with Crippen molar-refractivity contribution in [1.82, 2.24) is 4.98 Å². The number of nitrogens with zero attached hydrogens (tertiary/aromatic N) is 1. The van der Waals surface area contributed by atoms with Crippen molar-refractivity contribution in [3.8, 4) is 10.9 Å². The molecule has 78 valence electrons. The van der Waals surface area contributed by atoms with Gasteiger partial charge in [0.2, 0.25) is 0 Å². The van der Waals surface area contributed by atoms with Gasteiger partial charge in [-0.1, -0.05) is 23.5 Å². The van der Waals surface area contributed by atoms with Gasteiger partial charge in [-0.05, 0) is 48.6 Å². The van der Waals surface area contributed by atoms with Crippen LogP contribution in [-0.2, 0) is 0 Å². The van der Waals surface area contributed by atoms with Crippen LogP contribution >= 0.6 is 33.9 Å². The second-order valence-electron chi connectivity index (χ2n) is 3.15. The Hall–Kier alpha value is -0.620. The van der Waals surface area contributed by atoms with Crippen molar-refractivity contribution in [3.05, 3.63) is 38.4 Å². The van der Waals surface area contributed by atoms with Gasteiger partial charge in [0.1, 0.15) is 5.75 Å². The van der Waals surface area contributed by atoms with Crippen molar-refractivity contribution in [3.63, 3.8) is 0 Å². The molecule has 0 bridgehead atoms. The number of para-hydroxylation sites is 1. The van der Waals surface area contributed by atoms with E-state index in [0.717, 1.165) is 15.0 Å². The van der Waals surface area contributed by atoms with Crippen LogP contribution in [0.3, 0.4) is 0 Å². The molecule has 0 N–H and O–H groups in total. The summed E-state index contributed by atoms with van der Waals surface area (Å²) in [7, 11) is 0. The summed E-state index contributed by atoms with van der Waals surface area (Å²) in [6.45, 7) is 4.05. The van der Waals surface area contributed by atoms with Crippen LogP contribution in [0.15, 0.2) is 24.3 Å². The van der Waals surface area contributed by atoms with Crippen LogP contribution in [-0.4, -0.2) is 4.98 Å². The molecule has 0 fully saturated rings. The molecule has 0 unspecified atom stereocenters. The van der Waals surface area contributed by atoms with Crippen molar-refractivity contribution in [2.24, 2.45) is 0 Å². The second kappa shape index (κ2) is 4.49. The molecule has 0 aliphatic heterocycles. The summed E-state index contributed by atoms with van der Waals surface area (Å²) in [5.41, 5.74) is 1.04. The quantitative estimate of drug-likeness (QED) is 0.771. The minimum absolute atomic E-state index is 0.717. The number of aromatic nitrogens is 1. The standard InChI is InChI=1S/C11H10INOS/c1-7-8(2)15-11(13-7)14-10-6-4-3-5-9(10)12/h3-6H,1-2H3. The number of ether oxygens (including phenoxy) is 1. The molecule has 1 aromatic carbocycles. The van der Waals surface area contributed by atoms with Crippen LogP contribution in [0.4, 0.5) is 0 Å². The molecular weight excluding hydrogens is 321 g/mol. The number of rotatable bonds is 2. The van der Waals surface area contributed by atoms with Crippen LogP contribution in [0.25, 0.3) is 0 Å². The van der Waals surface area contributed by atoms with Gasteiger partial charge in [-0.15, -0.1) is 0 Å². The van der Waals surface area contributed by atoms with E-state index >= 15 is 0 Å². The average Bonchev–Trinajstić information content (AvgIpc) is 2.50. The van der Waals surface area contributed by atoms with E-state index in [-0.39, 0.29) is 0 Å².